The first-order chi connectivity index (χ1) is 10.2. The number of nitrogens with zero attached hydrogens (tertiary/aromatic N) is 3. The van der Waals surface area contributed by atoms with Gasteiger partial charge in [0.25, 0.3) is 0 Å². The summed E-state index contributed by atoms with van der Waals surface area (Å²) in [4.78, 5) is 9.87. The third-order valence-corrected chi connectivity index (χ3v) is 4.20. The first-order valence-electron chi connectivity index (χ1n) is 7.23. The molecule has 5 nitrogen and oxygen atoms in total. The number of rotatable bonds is 5. The number of aliphatic hydroxyl groups is 1. The summed E-state index contributed by atoms with van der Waals surface area (Å²) < 4.78 is 2.17. The van der Waals surface area contributed by atoms with E-state index in [0.717, 1.165) is 23.8 Å². The van der Waals surface area contributed by atoms with E-state index < -0.39 is 0 Å². The number of aryl methyl sites for hydroxylation is 1. The van der Waals surface area contributed by atoms with Gasteiger partial charge >= 0.3 is 0 Å². The summed E-state index contributed by atoms with van der Waals surface area (Å²) in [5, 5.41) is 12.1. The fourth-order valence-electron chi connectivity index (χ4n) is 1.96. The van der Waals surface area contributed by atoms with E-state index >= 15 is 0 Å². The van der Waals surface area contributed by atoms with Gasteiger partial charge in [-0.05, 0) is 6.92 Å². The SMILES string of the molecule is C.CC.CNc1nc(C)ncc1C[n+]1csc(CCO)c1C. The minimum absolute atomic E-state index is 0. The van der Waals surface area contributed by atoms with Crippen LogP contribution in [-0.4, -0.2) is 28.7 Å². The molecule has 0 aromatic carbocycles. The maximum Gasteiger partial charge on any atom is 0.225 e. The van der Waals surface area contributed by atoms with E-state index in [1.807, 2.05) is 34.0 Å². The lowest BCUT2D eigenvalue weighted by Gasteiger charge is -2.05. The first kappa shape index (κ1) is 20.5. The molecule has 2 N–H and O–H groups in total. The second-order valence-corrected chi connectivity index (χ2v) is 5.31. The topological polar surface area (TPSA) is 61.9 Å². The van der Waals surface area contributed by atoms with Gasteiger partial charge in [-0.15, -0.1) is 0 Å². The Balaban J connectivity index is 0.00000141. The molecule has 0 saturated carbocycles. The average molecular weight is 326 g/mol. The molecule has 0 aliphatic carbocycles. The zero-order valence-electron chi connectivity index (χ0n) is 13.5. The van der Waals surface area contributed by atoms with E-state index in [4.69, 9.17) is 5.11 Å². The molecule has 0 fully saturated rings. The van der Waals surface area contributed by atoms with Gasteiger partial charge in [0.15, 0.2) is 12.2 Å². The number of thiazole rings is 1. The molecule has 2 aromatic heterocycles. The molecular weight excluding hydrogens is 296 g/mol. The molecule has 2 heterocycles. The Morgan fingerprint density at radius 1 is 1.32 bits per heavy atom. The maximum atomic E-state index is 9.02. The van der Waals surface area contributed by atoms with Gasteiger partial charge in [0.1, 0.15) is 11.6 Å². The van der Waals surface area contributed by atoms with Crippen LogP contribution >= 0.6 is 11.3 Å². The largest absolute Gasteiger partial charge is 0.396 e. The second kappa shape index (κ2) is 10.2. The summed E-state index contributed by atoms with van der Waals surface area (Å²) in [6.07, 6.45) is 2.58. The van der Waals surface area contributed by atoms with Crippen LogP contribution < -0.4 is 9.88 Å². The highest BCUT2D eigenvalue weighted by molar-refractivity contribution is 7.09. The smallest absolute Gasteiger partial charge is 0.225 e. The van der Waals surface area contributed by atoms with Crippen LogP contribution in [0.3, 0.4) is 0 Å². The van der Waals surface area contributed by atoms with Crippen molar-refractivity contribution in [2.75, 3.05) is 19.0 Å². The second-order valence-electron chi connectivity index (χ2n) is 4.37. The van der Waals surface area contributed by atoms with Crippen molar-refractivity contribution in [3.8, 4) is 0 Å². The summed E-state index contributed by atoms with van der Waals surface area (Å²) in [5.41, 5.74) is 4.34. The number of aromatic nitrogens is 3. The molecule has 0 atom stereocenters. The van der Waals surface area contributed by atoms with Crippen LogP contribution in [0, 0.1) is 13.8 Å². The lowest BCUT2D eigenvalue weighted by Crippen LogP contribution is -2.35. The van der Waals surface area contributed by atoms with E-state index in [9.17, 15) is 0 Å². The van der Waals surface area contributed by atoms with Gasteiger partial charge in [-0.3, -0.25) is 0 Å². The lowest BCUT2D eigenvalue weighted by molar-refractivity contribution is -0.689. The first-order valence-corrected chi connectivity index (χ1v) is 8.11. The summed E-state index contributed by atoms with van der Waals surface area (Å²) in [6.45, 7) is 8.89. The molecule has 6 heteroatoms. The van der Waals surface area contributed by atoms with Crippen molar-refractivity contribution in [1.82, 2.24) is 9.97 Å². The van der Waals surface area contributed by atoms with E-state index in [2.05, 4.69) is 32.3 Å². The van der Waals surface area contributed by atoms with E-state index in [1.54, 1.807) is 11.3 Å². The normalized spacial score (nSPS) is 9.55. The van der Waals surface area contributed by atoms with Gasteiger partial charge in [0.2, 0.25) is 5.51 Å². The quantitative estimate of drug-likeness (QED) is 0.830. The highest BCUT2D eigenvalue weighted by atomic mass is 32.1. The van der Waals surface area contributed by atoms with Gasteiger partial charge in [-0.2, -0.15) is 4.57 Å². The fraction of sp³-hybridized carbons (Fsp3) is 0.562. The average Bonchev–Trinajstić information content (AvgIpc) is 2.84. The molecule has 0 radical (unpaired) electrons. The van der Waals surface area contributed by atoms with Gasteiger partial charge in [0.05, 0.1) is 10.4 Å². The molecule has 124 valence electrons. The zero-order valence-corrected chi connectivity index (χ0v) is 14.3. The van der Waals surface area contributed by atoms with E-state index in [0.29, 0.717) is 6.42 Å². The number of hydrogen-bond donors (Lipinski definition) is 2. The molecule has 2 aromatic rings. The van der Waals surface area contributed by atoms with E-state index in [-0.39, 0.29) is 14.0 Å². The van der Waals surface area contributed by atoms with Gasteiger partial charge in [0, 0.05) is 33.2 Å². The van der Waals surface area contributed by atoms with Crippen molar-refractivity contribution in [1.29, 1.82) is 0 Å². The Morgan fingerprint density at radius 3 is 2.59 bits per heavy atom. The Kier molecular flexibility index (Phi) is 9.53. The number of nitrogens with one attached hydrogen (secondary N) is 1. The Hall–Kier alpha value is -1.53. The predicted octanol–water partition coefficient (Wildman–Crippen LogP) is 2.73. The monoisotopic (exact) mass is 325 g/mol. The van der Waals surface area contributed by atoms with Crippen LogP contribution in [0.5, 0.6) is 0 Å². The third-order valence-electron chi connectivity index (χ3n) is 3.06. The van der Waals surface area contributed by atoms with Crippen molar-refractivity contribution in [2.45, 2.75) is 48.1 Å². The highest BCUT2D eigenvalue weighted by Crippen LogP contribution is 2.14. The molecule has 0 bridgehead atoms. The Bertz CT molecular complexity index is 569. The standard InChI is InChI=1S/C13H19N4OS.C2H6.CH4/c1-9-12(4-5-18)19-8-17(9)7-11-6-15-10(2)16-13(11)14-3;1-2;/h6,8,18H,4-5,7H2,1-3H3,(H,14,15,16);1-2H3;1H4/q+1;;. The molecule has 0 saturated heterocycles. The van der Waals surface area contributed by atoms with Gasteiger partial charge in [-0.25, -0.2) is 9.97 Å². The van der Waals surface area contributed by atoms with Crippen LogP contribution in [0.2, 0.25) is 0 Å². The molecule has 0 aliphatic heterocycles. The maximum absolute atomic E-state index is 9.02. The van der Waals surface area contributed by atoms with Crippen molar-refractivity contribution in [2.24, 2.45) is 0 Å². The molecule has 0 spiro atoms. The summed E-state index contributed by atoms with van der Waals surface area (Å²) >= 11 is 1.68. The van der Waals surface area contributed by atoms with Gasteiger partial charge in [-0.1, -0.05) is 32.6 Å². The van der Waals surface area contributed by atoms with Crippen molar-refractivity contribution < 1.29 is 9.67 Å². The Labute approximate surface area is 138 Å². The van der Waals surface area contributed by atoms with Crippen molar-refractivity contribution in [3.63, 3.8) is 0 Å². The van der Waals surface area contributed by atoms with Crippen molar-refractivity contribution >= 4 is 17.2 Å². The van der Waals surface area contributed by atoms with Crippen LogP contribution in [0.4, 0.5) is 5.82 Å². The summed E-state index contributed by atoms with van der Waals surface area (Å²) in [7, 11) is 1.87. The predicted molar refractivity (Wildman–Crippen MR) is 93.5 cm³/mol. The van der Waals surface area contributed by atoms with Crippen LogP contribution in [0.25, 0.3) is 0 Å². The highest BCUT2D eigenvalue weighted by Gasteiger charge is 2.17. The lowest BCUT2D eigenvalue weighted by atomic mass is 10.2. The molecule has 0 amide bonds. The van der Waals surface area contributed by atoms with E-state index in [1.165, 1.54) is 10.6 Å². The van der Waals surface area contributed by atoms with Crippen LogP contribution in [-0.2, 0) is 13.0 Å². The molecule has 22 heavy (non-hydrogen) atoms. The molecule has 2 rings (SSSR count). The minimum Gasteiger partial charge on any atom is -0.396 e. The summed E-state index contributed by atoms with van der Waals surface area (Å²) in [6, 6.07) is 0. The van der Waals surface area contributed by atoms with Crippen molar-refractivity contribution in [3.05, 3.63) is 33.7 Å². The summed E-state index contributed by atoms with van der Waals surface area (Å²) in [5.74, 6) is 1.63. The third kappa shape index (κ3) is 5.03. The van der Waals surface area contributed by atoms with Crippen LogP contribution in [0.15, 0.2) is 11.7 Å². The molecule has 0 unspecified atom stereocenters. The van der Waals surface area contributed by atoms with Gasteiger partial charge < -0.3 is 10.4 Å². The number of anilines is 1. The fourth-order valence-corrected chi connectivity index (χ4v) is 2.94. The zero-order chi connectivity index (χ0) is 15.8. The number of hydrogen-bond acceptors (Lipinski definition) is 5. The Morgan fingerprint density at radius 2 is 2.00 bits per heavy atom. The minimum atomic E-state index is 0. The molecular formula is C16H29N4OS+. The number of aliphatic hydroxyl groups excluding tert-OH is 1. The van der Waals surface area contributed by atoms with Crippen LogP contribution in [0.1, 0.15) is 43.2 Å². The molecule has 0 aliphatic rings.